The molecule has 1 heterocycles. The van der Waals surface area contributed by atoms with Crippen molar-refractivity contribution in [3.8, 4) is 5.75 Å². The van der Waals surface area contributed by atoms with Gasteiger partial charge in [-0.05, 0) is 42.0 Å². The van der Waals surface area contributed by atoms with Gasteiger partial charge in [0.2, 0.25) is 5.91 Å². The Morgan fingerprint density at radius 1 is 1.30 bits per heavy atom. The van der Waals surface area contributed by atoms with E-state index in [2.05, 4.69) is 5.32 Å². The second-order valence-electron chi connectivity index (χ2n) is 6.89. The van der Waals surface area contributed by atoms with E-state index in [-0.39, 0.29) is 41.8 Å². The van der Waals surface area contributed by atoms with E-state index in [9.17, 15) is 27.9 Å². The summed E-state index contributed by atoms with van der Waals surface area (Å²) in [5, 5.41) is 12.9. The molecule has 3 rings (SSSR count). The standard InChI is InChI=1S/C20H18ClF3N2O4/c1-26(19(29)15-6-11-7-18(28)25-17(11)8-16(15)21)9-13(27)10-30-14-4-2-12(3-5-14)20(22,23)24/h2-6,8,13,27H,7,9-10H2,1H3,(H,25,28). The van der Waals surface area contributed by atoms with Crippen molar-refractivity contribution in [2.45, 2.75) is 18.7 Å². The van der Waals surface area contributed by atoms with E-state index < -0.39 is 23.8 Å². The van der Waals surface area contributed by atoms with E-state index in [0.717, 1.165) is 24.3 Å². The van der Waals surface area contributed by atoms with Crippen LogP contribution in [0.4, 0.5) is 18.9 Å². The van der Waals surface area contributed by atoms with Crippen molar-refractivity contribution in [2.24, 2.45) is 0 Å². The highest BCUT2D eigenvalue weighted by atomic mass is 35.5. The highest BCUT2D eigenvalue weighted by molar-refractivity contribution is 6.34. The molecular formula is C20H18ClF3N2O4. The first-order chi connectivity index (χ1) is 14.0. The SMILES string of the molecule is CN(CC(O)COc1ccc(C(F)(F)F)cc1)C(=O)c1cc2c(cc1Cl)NC(=O)C2. The molecule has 0 fully saturated rings. The van der Waals surface area contributed by atoms with Crippen molar-refractivity contribution < 1.29 is 32.6 Å². The van der Waals surface area contributed by atoms with Crippen molar-refractivity contribution in [3.63, 3.8) is 0 Å². The summed E-state index contributed by atoms with van der Waals surface area (Å²) in [6.45, 7) is -0.316. The number of rotatable bonds is 6. The van der Waals surface area contributed by atoms with Gasteiger partial charge in [0.15, 0.2) is 0 Å². The zero-order chi connectivity index (χ0) is 22.1. The maximum Gasteiger partial charge on any atom is 0.416 e. The number of aliphatic hydroxyl groups excluding tert-OH is 1. The van der Waals surface area contributed by atoms with E-state index in [1.807, 2.05) is 0 Å². The van der Waals surface area contributed by atoms with E-state index >= 15 is 0 Å². The number of nitrogens with one attached hydrogen (secondary N) is 1. The number of alkyl halides is 3. The Morgan fingerprint density at radius 2 is 1.97 bits per heavy atom. The Kier molecular flexibility index (Phi) is 6.23. The van der Waals surface area contributed by atoms with Crippen LogP contribution in [-0.2, 0) is 17.4 Å². The number of halogens is 4. The van der Waals surface area contributed by atoms with Crippen LogP contribution in [0.1, 0.15) is 21.5 Å². The van der Waals surface area contributed by atoms with Gasteiger partial charge in [0.05, 0.1) is 22.6 Å². The lowest BCUT2D eigenvalue weighted by Crippen LogP contribution is -2.37. The molecule has 2 N–H and O–H groups in total. The minimum atomic E-state index is -4.44. The fourth-order valence-electron chi connectivity index (χ4n) is 3.00. The first-order valence-electron chi connectivity index (χ1n) is 8.90. The predicted molar refractivity (Wildman–Crippen MR) is 104 cm³/mol. The summed E-state index contributed by atoms with van der Waals surface area (Å²) in [4.78, 5) is 25.4. The first kappa shape index (κ1) is 21.9. The number of fused-ring (bicyclic) bond motifs is 1. The number of nitrogens with zero attached hydrogens (tertiary/aromatic N) is 1. The number of amides is 2. The maximum absolute atomic E-state index is 12.7. The van der Waals surface area contributed by atoms with E-state index in [1.54, 1.807) is 6.07 Å². The molecule has 1 unspecified atom stereocenters. The van der Waals surface area contributed by atoms with Crippen LogP contribution in [0.25, 0.3) is 0 Å². The summed E-state index contributed by atoms with van der Waals surface area (Å²) in [5.41, 5.74) is 0.621. The zero-order valence-corrected chi connectivity index (χ0v) is 16.5. The molecule has 10 heteroatoms. The van der Waals surface area contributed by atoms with E-state index in [1.165, 1.54) is 18.0 Å². The molecule has 30 heavy (non-hydrogen) atoms. The van der Waals surface area contributed by atoms with Gasteiger partial charge >= 0.3 is 6.18 Å². The third kappa shape index (κ3) is 5.03. The fourth-order valence-corrected chi connectivity index (χ4v) is 3.25. The minimum Gasteiger partial charge on any atom is -0.491 e. The number of aliphatic hydroxyl groups is 1. The fraction of sp³-hybridized carbons (Fsp3) is 0.300. The molecule has 0 spiro atoms. The maximum atomic E-state index is 12.7. The predicted octanol–water partition coefficient (Wildman–Crippen LogP) is 3.37. The first-order valence-corrected chi connectivity index (χ1v) is 9.28. The number of carbonyl (C=O) groups is 2. The summed E-state index contributed by atoms with van der Waals surface area (Å²) in [7, 11) is 1.47. The molecule has 0 bridgehead atoms. The molecule has 2 aromatic rings. The van der Waals surface area contributed by atoms with E-state index in [0.29, 0.717) is 11.3 Å². The molecule has 160 valence electrons. The molecule has 6 nitrogen and oxygen atoms in total. The second-order valence-corrected chi connectivity index (χ2v) is 7.29. The molecular weight excluding hydrogens is 425 g/mol. The summed E-state index contributed by atoms with van der Waals surface area (Å²) in [6.07, 6.45) is -5.37. The van der Waals surface area contributed by atoms with Crippen LogP contribution in [0.15, 0.2) is 36.4 Å². The van der Waals surface area contributed by atoms with Crippen molar-refractivity contribution in [1.82, 2.24) is 4.90 Å². The van der Waals surface area contributed by atoms with Gasteiger partial charge in [-0.15, -0.1) is 0 Å². The number of carbonyl (C=O) groups excluding carboxylic acids is 2. The van der Waals surface area contributed by atoms with Crippen LogP contribution in [-0.4, -0.2) is 48.1 Å². The van der Waals surface area contributed by atoms with Crippen molar-refractivity contribution >= 4 is 29.1 Å². The van der Waals surface area contributed by atoms with Crippen LogP contribution in [0.3, 0.4) is 0 Å². The van der Waals surface area contributed by atoms with Gasteiger partial charge in [-0.3, -0.25) is 9.59 Å². The monoisotopic (exact) mass is 442 g/mol. The van der Waals surface area contributed by atoms with Gasteiger partial charge in [0.25, 0.3) is 5.91 Å². The lowest BCUT2D eigenvalue weighted by atomic mass is 10.1. The average molecular weight is 443 g/mol. The van der Waals surface area contributed by atoms with Crippen molar-refractivity contribution in [2.75, 3.05) is 25.5 Å². The number of hydrogen-bond acceptors (Lipinski definition) is 4. The summed E-state index contributed by atoms with van der Waals surface area (Å²) >= 11 is 6.15. The second kappa shape index (κ2) is 8.53. The van der Waals surface area contributed by atoms with Crippen LogP contribution >= 0.6 is 11.6 Å². The molecule has 2 amide bonds. The molecule has 2 aromatic carbocycles. The highest BCUT2D eigenvalue weighted by Gasteiger charge is 2.30. The Hall–Kier alpha value is -2.78. The minimum absolute atomic E-state index is 0.0932. The van der Waals surface area contributed by atoms with Gasteiger partial charge in [-0.25, -0.2) is 0 Å². The molecule has 0 saturated heterocycles. The van der Waals surface area contributed by atoms with Crippen molar-refractivity contribution in [3.05, 3.63) is 58.1 Å². The lowest BCUT2D eigenvalue weighted by Gasteiger charge is -2.22. The van der Waals surface area contributed by atoms with Gasteiger partial charge in [-0.2, -0.15) is 13.2 Å². The van der Waals surface area contributed by atoms with Crippen molar-refractivity contribution in [1.29, 1.82) is 0 Å². The van der Waals surface area contributed by atoms with Gasteiger partial charge < -0.3 is 20.1 Å². The molecule has 1 aliphatic rings. The third-order valence-electron chi connectivity index (χ3n) is 4.50. The lowest BCUT2D eigenvalue weighted by molar-refractivity contribution is -0.137. The topological polar surface area (TPSA) is 78.9 Å². The van der Waals surface area contributed by atoms with Crippen LogP contribution in [0, 0.1) is 0 Å². The van der Waals surface area contributed by atoms with Crippen LogP contribution in [0.5, 0.6) is 5.75 Å². The Morgan fingerprint density at radius 3 is 2.60 bits per heavy atom. The summed E-state index contributed by atoms with van der Waals surface area (Å²) in [6, 6.07) is 7.13. The molecule has 0 aliphatic carbocycles. The molecule has 0 aromatic heterocycles. The van der Waals surface area contributed by atoms with Gasteiger partial charge in [0.1, 0.15) is 18.5 Å². The normalized spacial score (nSPS) is 14.1. The molecule has 1 atom stereocenters. The summed E-state index contributed by atoms with van der Waals surface area (Å²) in [5.74, 6) is -0.472. The van der Waals surface area contributed by atoms with E-state index in [4.69, 9.17) is 16.3 Å². The molecule has 0 saturated carbocycles. The Labute approximate surface area is 175 Å². The van der Waals surface area contributed by atoms with Crippen LogP contribution in [0.2, 0.25) is 5.02 Å². The number of hydrogen-bond donors (Lipinski definition) is 2. The van der Waals surface area contributed by atoms with Gasteiger partial charge in [-0.1, -0.05) is 11.6 Å². The quantitative estimate of drug-likeness (QED) is 0.719. The highest BCUT2D eigenvalue weighted by Crippen LogP contribution is 2.31. The van der Waals surface area contributed by atoms with Gasteiger partial charge in [0, 0.05) is 19.3 Å². The Balaban J connectivity index is 1.57. The largest absolute Gasteiger partial charge is 0.491 e. The number of anilines is 1. The molecule has 0 radical (unpaired) electrons. The van der Waals surface area contributed by atoms with Crippen LogP contribution < -0.4 is 10.1 Å². The molecule has 1 aliphatic heterocycles. The third-order valence-corrected chi connectivity index (χ3v) is 4.82. The number of benzene rings is 2. The smallest absolute Gasteiger partial charge is 0.416 e. The Bertz CT molecular complexity index is 964. The summed E-state index contributed by atoms with van der Waals surface area (Å²) < 4.78 is 43.0. The number of ether oxygens (including phenoxy) is 1. The number of likely N-dealkylation sites (N-methyl/N-ethyl adjacent to an activating group) is 1. The zero-order valence-electron chi connectivity index (χ0n) is 15.8. The average Bonchev–Trinajstić information content (AvgIpc) is 3.03.